The molecule has 1 aliphatic rings. The molecule has 3 heteroatoms. The Morgan fingerprint density at radius 3 is 2.53 bits per heavy atom. The zero-order chi connectivity index (χ0) is 11.3. The Hall–Kier alpha value is -0.570. The number of carbonyl (C=O) groups is 1. The van der Waals surface area contributed by atoms with Crippen LogP contribution in [0.2, 0.25) is 0 Å². The molecule has 0 aromatic carbocycles. The van der Waals surface area contributed by atoms with Crippen LogP contribution in [0.15, 0.2) is 0 Å². The quantitative estimate of drug-likeness (QED) is 0.659. The Balaban J connectivity index is 2.52. The van der Waals surface area contributed by atoms with Crippen LogP contribution in [0.1, 0.15) is 46.0 Å². The molecule has 88 valence electrons. The molecule has 1 saturated carbocycles. The molecular formula is C12H23NO2. The number of rotatable bonds is 7. The number of hydrogen-bond acceptors (Lipinski definition) is 3. The van der Waals surface area contributed by atoms with Gasteiger partial charge in [-0.25, -0.2) is 0 Å². The number of nitrogens with two attached hydrogens (primary N) is 1. The summed E-state index contributed by atoms with van der Waals surface area (Å²) in [6.07, 6.45) is 5.46. The minimum Gasteiger partial charge on any atom is -0.466 e. The summed E-state index contributed by atoms with van der Waals surface area (Å²) < 4.78 is 5.12. The van der Waals surface area contributed by atoms with Gasteiger partial charge in [-0.3, -0.25) is 4.79 Å². The molecule has 0 heterocycles. The van der Waals surface area contributed by atoms with E-state index < -0.39 is 5.41 Å². The van der Waals surface area contributed by atoms with Crippen molar-refractivity contribution in [2.45, 2.75) is 46.0 Å². The molecular weight excluding hydrogens is 190 g/mol. The van der Waals surface area contributed by atoms with Crippen LogP contribution in [0.5, 0.6) is 0 Å². The van der Waals surface area contributed by atoms with Crippen molar-refractivity contribution in [2.75, 3.05) is 13.2 Å². The number of ether oxygens (including phenoxy) is 1. The maximum absolute atomic E-state index is 11.9. The highest BCUT2D eigenvalue weighted by Gasteiger charge is 2.38. The van der Waals surface area contributed by atoms with Crippen LogP contribution in [0.3, 0.4) is 0 Å². The third-order valence-corrected chi connectivity index (χ3v) is 3.50. The second kappa shape index (κ2) is 5.50. The van der Waals surface area contributed by atoms with Crippen molar-refractivity contribution in [3.63, 3.8) is 0 Å². The summed E-state index contributed by atoms with van der Waals surface area (Å²) in [6.45, 7) is 4.73. The van der Waals surface area contributed by atoms with Crippen LogP contribution in [0.25, 0.3) is 0 Å². The molecule has 15 heavy (non-hydrogen) atoms. The molecule has 1 fully saturated rings. The average molecular weight is 213 g/mol. The molecule has 1 unspecified atom stereocenters. The van der Waals surface area contributed by atoms with E-state index in [-0.39, 0.29) is 5.97 Å². The van der Waals surface area contributed by atoms with Crippen LogP contribution in [0.4, 0.5) is 0 Å². The predicted molar refractivity (Wildman–Crippen MR) is 60.4 cm³/mol. The molecule has 1 aliphatic carbocycles. The van der Waals surface area contributed by atoms with E-state index in [4.69, 9.17) is 10.5 Å². The fraction of sp³-hybridized carbons (Fsp3) is 0.917. The molecule has 1 atom stereocenters. The van der Waals surface area contributed by atoms with Crippen LogP contribution in [-0.2, 0) is 9.53 Å². The van der Waals surface area contributed by atoms with E-state index in [2.05, 4.69) is 0 Å². The van der Waals surface area contributed by atoms with Gasteiger partial charge in [-0.2, -0.15) is 0 Å². The van der Waals surface area contributed by atoms with Gasteiger partial charge in [0.05, 0.1) is 12.0 Å². The van der Waals surface area contributed by atoms with Crippen molar-refractivity contribution in [3.8, 4) is 0 Å². The smallest absolute Gasteiger partial charge is 0.313 e. The summed E-state index contributed by atoms with van der Waals surface area (Å²) in [6, 6.07) is 0. The first-order chi connectivity index (χ1) is 7.18. The molecule has 1 rings (SSSR count). The molecule has 0 aliphatic heterocycles. The number of hydrogen-bond donors (Lipinski definition) is 1. The van der Waals surface area contributed by atoms with Gasteiger partial charge in [0.2, 0.25) is 0 Å². The summed E-state index contributed by atoms with van der Waals surface area (Å²) in [5, 5.41) is 0. The SMILES string of the molecule is CCOC(=O)C(CC)(CN)CCC1CC1. The Labute approximate surface area is 92.4 Å². The second-order valence-corrected chi connectivity index (χ2v) is 4.54. The summed E-state index contributed by atoms with van der Waals surface area (Å²) >= 11 is 0. The maximum Gasteiger partial charge on any atom is 0.313 e. The molecule has 0 saturated heterocycles. The van der Waals surface area contributed by atoms with Crippen molar-refractivity contribution in [3.05, 3.63) is 0 Å². The van der Waals surface area contributed by atoms with E-state index >= 15 is 0 Å². The summed E-state index contributed by atoms with van der Waals surface area (Å²) in [4.78, 5) is 11.9. The van der Waals surface area contributed by atoms with Crippen LogP contribution in [0, 0.1) is 11.3 Å². The highest BCUT2D eigenvalue weighted by Crippen LogP contribution is 2.39. The fourth-order valence-corrected chi connectivity index (χ4v) is 1.92. The first kappa shape index (κ1) is 12.5. The van der Waals surface area contributed by atoms with E-state index in [1.165, 1.54) is 12.8 Å². The van der Waals surface area contributed by atoms with Crippen molar-refractivity contribution < 1.29 is 9.53 Å². The van der Waals surface area contributed by atoms with Crippen molar-refractivity contribution in [1.82, 2.24) is 0 Å². The van der Waals surface area contributed by atoms with Gasteiger partial charge >= 0.3 is 5.97 Å². The first-order valence-electron chi connectivity index (χ1n) is 6.05. The maximum atomic E-state index is 11.9. The molecule has 3 nitrogen and oxygen atoms in total. The minimum absolute atomic E-state index is 0.101. The standard InChI is InChI=1S/C12H23NO2/c1-3-12(9-13,11(14)15-4-2)8-7-10-5-6-10/h10H,3-9,13H2,1-2H3. The number of esters is 1. The van der Waals surface area contributed by atoms with Crippen molar-refractivity contribution >= 4 is 5.97 Å². The van der Waals surface area contributed by atoms with E-state index in [0.717, 1.165) is 25.2 Å². The van der Waals surface area contributed by atoms with Gasteiger partial charge in [-0.1, -0.05) is 19.8 Å². The number of carbonyl (C=O) groups excluding carboxylic acids is 1. The Kier molecular flexibility index (Phi) is 4.58. The zero-order valence-corrected chi connectivity index (χ0v) is 9.92. The van der Waals surface area contributed by atoms with Crippen molar-refractivity contribution in [2.24, 2.45) is 17.1 Å². The Morgan fingerprint density at radius 1 is 1.47 bits per heavy atom. The van der Waals surface area contributed by atoms with E-state index in [9.17, 15) is 4.79 Å². The van der Waals surface area contributed by atoms with Crippen LogP contribution >= 0.6 is 0 Å². The molecule has 0 amide bonds. The summed E-state index contributed by atoms with van der Waals surface area (Å²) in [5.41, 5.74) is 5.34. The third-order valence-electron chi connectivity index (χ3n) is 3.50. The lowest BCUT2D eigenvalue weighted by atomic mass is 9.80. The van der Waals surface area contributed by atoms with E-state index in [1.54, 1.807) is 0 Å². The first-order valence-corrected chi connectivity index (χ1v) is 6.05. The summed E-state index contributed by atoms with van der Waals surface area (Å²) in [7, 11) is 0. The normalized spacial score (nSPS) is 19.7. The van der Waals surface area contributed by atoms with Gasteiger partial charge in [0.1, 0.15) is 0 Å². The van der Waals surface area contributed by atoms with Gasteiger partial charge in [0, 0.05) is 6.54 Å². The lowest BCUT2D eigenvalue weighted by molar-refractivity contribution is -0.155. The molecule has 0 aromatic rings. The summed E-state index contributed by atoms with van der Waals surface area (Å²) in [5.74, 6) is 0.743. The highest BCUT2D eigenvalue weighted by molar-refractivity contribution is 5.77. The van der Waals surface area contributed by atoms with Crippen LogP contribution < -0.4 is 5.73 Å². The van der Waals surface area contributed by atoms with E-state index in [0.29, 0.717) is 13.2 Å². The van der Waals surface area contributed by atoms with Crippen LogP contribution in [-0.4, -0.2) is 19.1 Å². The largest absolute Gasteiger partial charge is 0.466 e. The predicted octanol–water partition coefficient (Wildman–Crippen LogP) is 2.09. The third kappa shape index (κ3) is 3.20. The molecule has 0 bridgehead atoms. The molecule has 0 aromatic heterocycles. The topological polar surface area (TPSA) is 52.3 Å². The minimum atomic E-state index is -0.418. The average Bonchev–Trinajstić information content (AvgIpc) is 3.04. The lowest BCUT2D eigenvalue weighted by Crippen LogP contribution is -2.39. The Morgan fingerprint density at radius 2 is 2.13 bits per heavy atom. The monoisotopic (exact) mass is 213 g/mol. The fourth-order valence-electron chi connectivity index (χ4n) is 1.92. The van der Waals surface area contributed by atoms with Gasteiger partial charge in [-0.05, 0) is 32.1 Å². The van der Waals surface area contributed by atoms with E-state index in [1.807, 2.05) is 13.8 Å². The zero-order valence-electron chi connectivity index (χ0n) is 9.92. The molecule has 0 radical (unpaired) electrons. The highest BCUT2D eigenvalue weighted by atomic mass is 16.5. The van der Waals surface area contributed by atoms with Gasteiger partial charge in [0.15, 0.2) is 0 Å². The second-order valence-electron chi connectivity index (χ2n) is 4.54. The van der Waals surface area contributed by atoms with Gasteiger partial charge in [0.25, 0.3) is 0 Å². The van der Waals surface area contributed by atoms with Crippen molar-refractivity contribution in [1.29, 1.82) is 0 Å². The molecule has 2 N–H and O–H groups in total. The Bertz CT molecular complexity index is 208. The lowest BCUT2D eigenvalue weighted by Gasteiger charge is -2.28. The van der Waals surface area contributed by atoms with Gasteiger partial charge < -0.3 is 10.5 Å². The molecule has 0 spiro atoms. The van der Waals surface area contributed by atoms with Gasteiger partial charge in [-0.15, -0.1) is 0 Å².